The van der Waals surface area contributed by atoms with E-state index in [1.165, 1.54) is 18.2 Å². The van der Waals surface area contributed by atoms with Gasteiger partial charge >= 0.3 is 11.7 Å². The van der Waals surface area contributed by atoms with Gasteiger partial charge in [-0.1, -0.05) is 12.1 Å². The second-order valence-corrected chi connectivity index (χ2v) is 2.72. The van der Waals surface area contributed by atoms with Gasteiger partial charge in [-0.2, -0.15) is 0 Å². The van der Waals surface area contributed by atoms with E-state index in [-0.39, 0.29) is 24.5 Å². The van der Waals surface area contributed by atoms with E-state index in [2.05, 4.69) is 0 Å². The molecular formula is C9H9NO5. The number of nitro groups is 1. The van der Waals surface area contributed by atoms with Crippen LogP contribution in [0.5, 0.6) is 5.75 Å². The number of aliphatic carboxylic acids is 1. The molecule has 80 valence electrons. The summed E-state index contributed by atoms with van der Waals surface area (Å²) in [6, 6.07) is 5.83. The number of para-hydroxylation sites is 2. The highest BCUT2D eigenvalue weighted by molar-refractivity contribution is 5.66. The maximum Gasteiger partial charge on any atom is 0.310 e. The quantitative estimate of drug-likeness (QED) is 0.588. The number of rotatable bonds is 5. The summed E-state index contributed by atoms with van der Waals surface area (Å²) in [6.07, 6.45) is -0.188. The van der Waals surface area contributed by atoms with Crippen LogP contribution in [0.25, 0.3) is 0 Å². The molecule has 6 heteroatoms. The maximum atomic E-state index is 10.5. The van der Waals surface area contributed by atoms with Crippen molar-refractivity contribution in [3.63, 3.8) is 0 Å². The van der Waals surface area contributed by atoms with Crippen molar-refractivity contribution in [2.24, 2.45) is 0 Å². The van der Waals surface area contributed by atoms with E-state index in [0.717, 1.165) is 0 Å². The molecule has 0 unspecified atom stereocenters. The zero-order valence-electron chi connectivity index (χ0n) is 7.75. The van der Waals surface area contributed by atoms with E-state index in [1.807, 2.05) is 0 Å². The van der Waals surface area contributed by atoms with Crippen LogP contribution >= 0.6 is 0 Å². The van der Waals surface area contributed by atoms with Crippen LogP contribution in [-0.4, -0.2) is 22.6 Å². The Morgan fingerprint density at radius 3 is 2.73 bits per heavy atom. The molecular weight excluding hydrogens is 202 g/mol. The van der Waals surface area contributed by atoms with Crippen LogP contribution in [0.4, 0.5) is 5.69 Å². The summed E-state index contributed by atoms with van der Waals surface area (Å²) >= 11 is 0. The van der Waals surface area contributed by atoms with Gasteiger partial charge in [0.05, 0.1) is 18.0 Å². The molecule has 0 heterocycles. The van der Waals surface area contributed by atoms with Crippen molar-refractivity contribution in [1.29, 1.82) is 0 Å². The summed E-state index contributed by atoms with van der Waals surface area (Å²) in [4.78, 5) is 20.1. The zero-order chi connectivity index (χ0) is 11.3. The fourth-order valence-corrected chi connectivity index (χ4v) is 0.978. The van der Waals surface area contributed by atoms with Crippen molar-refractivity contribution in [3.8, 4) is 5.75 Å². The van der Waals surface area contributed by atoms with Crippen LogP contribution in [0.1, 0.15) is 6.42 Å². The first kappa shape index (κ1) is 11.0. The number of carboxylic acids is 1. The van der Waals surface area contributed by atoms with Crippen molar-refractivity contribution in [3.05, 3.63) is 34.4 Å². The van der Waals surface area contributed by atoms with Crippen molar-refractivity contribution in [2.75, 3.05) is 6.61 Å². The Morgan fingerprint density at radius 1 is 1.47 bits per heavy atom. The van der Waals surface area contributed by atoms with E-state index in [1.54, 1.807) is 6.07 Å². The highest BCUT2D eigenvalue weighted by atomic mass is 16.6. The summed E-state index contributed by atoms with van der Waals surface area (Å²) in [6.45, 7) is -0.0831. The minimum Gasteiger partial charge on any atom is -0.486 e. The number of carboxylic acid groups (broad SMARTS) is 1. The number of nitro benzene ring substituents is 1. The minimum absolute atomic E-state index is 0.0831. The van der Waals surface area contributed by atoms with Gasteiger partial charge in [-0.05, 0) is 6.07 Å². The molecule has 0 bridgehead atoms. The average molecular weight is 211 g/mol. The second-order valence-electron chi connectivity index (χ2n) is 2.72. The Bertz CT molecular complexity index is 377. The van der Waals surface area contributed by atoms with Gasteiger partial charge in [0.15, 0.2) is 5.75 Å². The van der Waals surface area contributed by atoms with Crippen LogP contribution in [-0.2, 0) is 4.79 Å². The molecule has 0 aliphatic carbocycles. The third-order valence-electron chi connectivity index (χ3n) is 1.64. The van der Waals surface area contributed by atoms with Gasteiger partial charge in [-0.15, -0.1) is 0 Å². The van der Waals surface area contributed by atoms with E-state index in [9.17, 15) is 14.9 Å². The summed E-state index contributed by atoms with van der Waals surface area (Å²) in [5.74, 6) is -0.919. The Hall–Kier alpha value is -2.11. The van der Waals surface area contributed by atoms with Crippen molar-refractivity contribution < 1.29 is 19.6 Å². The van der Waals surface area contributed by atoms with Crippen molar-refractivity contribution in [1.82, 2.24) is 0 Å². The predicted molar refractivity (Wildman–Crippen MR) is 50.8 cm³/mol. The lowest BCUT2D eigenvalue weighted by molar-refractivity contribution is -0.385. The Kier molecular flexibility index (Phi) is 3.61. The van der Waals surface area contributed by atoms with Gasteiger partial charge in [-0.25, -0.2) is 0 Å². The van der Waals surface area contributed by atoms with Gasteiger partial charge < -0.3 is 9.84 Å². The topological polar surface area (TPSA) is 89.7 Å². The lowest BCUT2D eigenvalue weighted by Crippen LogP contribution is -2.05. The lowest BCUT2D eigenvalue weighted by atomic mass is 10.3. The number of carbonyl (C=O) groups is 1. The second kappa shape index (κ2) is 4.94. The van der Waals surface area contributed by atoms with Crippen LogP contribution in [0.15, 0.2) is 24.3 Å². The summed E-state index contributed by atoms with van der Waals surface area (Å²) in [7, 11) is 0. The molecule has 6 nitrogen and oxygen atoms in total. The molecule has 0 fully saturated rings. The normalized spacial score (nSPS) is 9.60. The molecule has 15 heavy (non-hydrogen) atoms. The minimum atomic E-state index is -1.01. The number of hydrogen-bond donors (Lipinski definition) is 1. The van der Waals surface area contributed by atoms with Crippen LogP contribution < -0.4 is 4.74 Å². The summed E-state index contributed by atoms with van der Waals surface area (Å²) < 4.78 is 4.99. The number of hydrogen-bond acceptors (Lipinski definition) is 4. The lowest BCUT2D eigenvalue weighted by Gasteiger charge is -2.04. The molecule has 0 saturated heterocycles. The predicted octanol–water partition coefficient (Wildman–Crippen LogP) is 1.45. The van der Waals surface area contributed by atoms with Crippen LogP contribution in [0, 0.1) is 10.1 Å². The SMILES string of the molecule is O=C(O)CCOc1ccccc1[N+](=O)[O-]. The average Bonchev–Trinajstić information content (AvgIpc) is 2.17. The molecule has 1 rings (SSSR count). The number of nitrogens with zero attached hydrogens (tertiary/aromatic N) is 1. The van der Waals surface area contributed by atoms with Crippen LogP contribution in [0.2, 0.25) is 0 Å². The van der Waals surface area contributed by atoms with Gasteiger partial charge in [0.1, 0.15) is 0 Å². The fraction of sp³-hybridized carbons (Fsp3) is 0.222. The molecule has 0 aromatic heterocycles. The molecule has 0 radical (unpaired) electrons. The molecule has 0 atom stereocenters. The summed E-state index contributed by atoms with van der Waals surface area (Å²) in [5, 5.41) is 18.9. The largest absolute Gasteiger partial charge is 0.486 e. The summed E-state index contributed by atoms with van der Waals surface area (Å²) in [5.41, 5.74) is -0.164. The zero-order valence-corrected chi connectivity index (χ0v) is 7.75. The van der Waals surface area contributed by atoms with Gasteiger partial charge in [0.25, 0.3) is 0 Å². The van der Waals surface area contributed by atoms with E-state index in [0.29, 0.717) is 0 Å². The molecule has 0 spiro atoms. The van der Waals surface area contributed by atoms with Gasteiger partial charge in [-0.3, -0.25) is 14.9 Å². The highest BCUT2D eigenvalue weighted by Crippen LogP contribution is 2.25. The molecule has 0 amide bonds. The van der Waals surface area contributed by atoms with E-state index < -0.39 is 10.9 Å². The van der Waals surface area contributed by atoms with Crippen molar-refractivity contribution >= 4 is 11.7 Å². The van der Waals surface area contributed by atoms with E-state index >= 15 is 0 Å². The maximum absolute atomic E-state index is 10.5. The Balaban J connectivity index is 2.67. The first-order valence-corrected chi connectivity index (χ1v) is 4.19. The van der Waals surface area contributed by atoms with Gasteiger partial charge in [0, 0.05) is 6.07 Å². The third-order valence-corrected chi connectivity index (χ3v) is 1.64. The fourth-order valence-electron chi connectivity index (χ4n) is 0.978. The monoisotopic (exact) mass is 211 g/mol. The highest BCUT2D eigenvalue weighted by Gasteiger charge is 2.13. The molecule has 0 aliphatic heterocycles. The van der Waals surface area contributed by atoms with Crippen molar-refractivity contribution in [2.45, 2.75) is 6.42 Å². The van der Waals surface area contributed by atoms with Crippen LogP contribution in [0.3, 0.4) is 0 Å². The smallest absolute Gasteiger partial charge is 0.310 e. The first-order chi connectivity index (χ1) is 7.11. The molecule has 1 N–H and O–H groups in total. The Morgan fingerprint density at radius 2 is 2.13 bits per heavy atom. The third kappa shape index (κ3) is 3.26. The van der Waals surface area contributed by atoms with Gasteiger partial charge in [0.2, 0.25) is 0 Å². The Labute approximate surface area is 85.2 Å². The number of benzene rings is 1. The number of ether oxygens (including phenoxy) is 1. The molecule has 1 aromatic rings. The van der Waals surface area contributed by atoms with E-state index in [4.69, 9.17) is 9.84 Å². The first-order valence-electron chi connectivity index (χ1n) is 4.19. The molecule has 0 aliphatic rings. The molecule has 0 saturated carbocycles. The standard InChI is InChI=1S/C9H9NO5/c11-9(12)5-6-15-8-4-2-1-3-7(8)10(13)14/h1-4H,5-6H2,(H,11,12). The molecule has 1 aromatic carbocycles.